The van der Waals surface area contributed by atoms with E-state index in [2.05, 4.69) is 18.5 Å². The van der Waals surface area contributed by atoms with Crippen LogP contribution < -0.4 is 0 Å². The monoisotopic (exact) mass is 249 g/mol. The summed E-state index contributed by atoms with van der Waals surface area (Å²) >= 11 is 0. The second-order valence-corrected chi connectivity index (χ2v) is 8.89. The van der Waals surface area contributed by atoms with Gasteiger partial charge in [-0.25, -0.2) is 0 Å². The van der Waals surface area contributed by atoms with Crippen LogP contribution in [0.4, 0.5) is 0 Å². The van der Waals surface area contributed by atoms with Gasteiger partial charge < -0.3 is 13.8 Å². The fourth-order valence-electron chi connectivity index (χ4n) is 1.50. The lowest BCUT2D eigenvalue weighted by atomic mass is 10.4. The summed E-state index contributed by atoms with van der Waals surface area (Å²) in [7, 11) is 5.25. The molecule has 0 saturated heterocycles. The third-order valence-corrected chi connectivity index (χ3v) is 6.62. The van der Waals surface area contributed by atoms with Crippen LogP contribution in [0.15, 0.2) is 0 Å². The van der Waals surface area contributed by atoms with Gasteiger partial charge in [-0.15, -0.1) is 0 Å². The fourth-order valence-corrected chi connectivity index (χ4v) is 3.19. The van der Waals surface area contributed by atoms with Gasteiger partial charge in [0.25, 0.3) is 0 Å². The number of nitrogens with zero attached hydrogens (tertiary/aromatic N) is 1. The Morgan fingerprint density at radius 3 is 2.13 bits per heavy atom. The minimum absolute atomic E-state index is 1.09. The van der Waals surface area contributed by atoms with Crippen molar-refractivity contribution in [2.24, 2.45) is 0 Å². The van der Waals surface area contributed by atoms with E-state index < -0.39 is 8.56 Å². The summed E-state index contributed by atoms with van der Waals surface area (Å²) < 4.78 is 10.9. The van der Waals surface area contributed by atoms with Crippen molar-refractivity contribution in [3.63, 3.8) is 0 Å². The first-order valence-corrected chi connectivity index (χ1v) is 9.80. The van der Waals surface area contributed by atoms with Crippen molar-refractivity contribution in [1.29, 1.82) is 0 Å². The number of hydrogen-bond donors (Lipinski definition) is 0. The van der Waals surface area contributed by atoms with Gasteiger partial charge >= 0.3 is 8.56 Å². The quantitative estimate of drug-likeness (QED) is 0.566. The Hall–Kier alpha value is 0.314. The summed E-state index contributed by atoms with van der Waals surface area (Å²) in [5, 5.41) is 0. The topological polar surface area (TPSA) is 21.7 Å². The standard InChI is InChI=1S/C10H27NO2Si2/c1-11(7-5-9-14)8-6-10-15(4,12-2)13-3/h5-10H2,1-4,14H3. The van der Waals surface area contributed by atoms with E-state index in [-0.39, 0.29) is 0 Å². The van der Waals surface area contributed by atoms with Crippen molar-refractivity contribution in [1.82, 2.24) is 4.90 Å². The van der Waals surface area contributed by atoms with Gasteiger partial charge in [-0.05, 0) is 45.6 Å². The largest absolute Gasteiger partial charge is 0.398 e. The zero-order valence-corrected chi connectivity index (χ0v) is 14.0. The van der Waals surface area contributed by atoms with Crippen LogP contribution >= 0.6 is 0 Å². The highest BCUT2D eigenvalue weighted by Crippen LogP contribution is 2.13. The Balaban J connectivity index is 3.59. The van der Waals surface area contributed by atoms with E-state index in [0.717, 1.165) is 12.6 Å². The second-order valence-electron chi connectivity index (χ2n) is 4.30. The van der Waals surface area contributed by atoms with E-state index in [9.17, 15) is 0 Å². The highest BCUT2D eigenvalue weighted by Gasteiger charge is 2.27. The van der Waals surface area contributed by atoms with Crippen LogP contribution in [0, 0.1) is 0 Å². The maximum Gasteiger partial charge on any atom is 0.334 e. The predicted molar refractivity (Wildman–Crippen MR) is 71.9 cm³/mol. The van der Waals surface area contributed by atoms with Crippen molar-refractivity contribution in [2.45, 2.75) is 31.5 Å². The molecule has 0 aliphatic rings. The molecule has 0 N–H and O–H groups in total. The Kier molecular flexibility index (Phi) is 8.64. The second kappa shape index (κ2) is 8.46. The van der Waals surface area contributed by atoms with Crippen molar-refractivity contribution in [3.8, 4) is 0 Å². The predicted octanol–water partition coefficient (Wildman–Crippen LogP) is 0.847. The molecule has 0 aromatic heterocycles. The highest BCUT2D eigenvalue weighted by molar-refractivity contribution is 6.65. The molecule has 0 fully saturated rings. The lowest BCUT2D eigenvalue weighted by molar-refractivity contribution is 0.244. The van der Waals surface area contributed by atoms with Crippen LogP contribution in [0.1, 0.15) is 12.8 Å². The van der Waals surface area contributed by atoms with E-state index in [1.54, 1.807) is 14.2 Å². The first-order chi connectivity index (χ1) is 7.08. The van der Waals surface area contributed by atoms with Crippen molar-refractivity contribution < 1.29 is 8.85 Å². The molecule has 0 heterocycles. The Labute approximate surface area is 98.8 Å². The molecule has 0 aromatic rings. The van der Waals surface area contributed by atoms with Crippen molar-refractivity contribution in [2.75, 3.05) is 34.4 Å². The van der Waals surface area contributed by atoms with Crippen LogP contribution in [0.3, 0.4) is 0 Å². The van der Waals surface area contributed by atoms with Gasteiger partial charge in [0, 0.05) is 24.5 Å². The maximum atomic E-state index is 5.45. The molecule has 0 aromatic carbocycles. The average Bonchev–Trinajstić information content (AvgIpc) is 2.26. The molecule has 3 nitrogen and oxygen atoms in total. The summed E-state index contributed by atoms with van der Waals surface area (Å²) in [6, 6.07) is 2.50. The minimum Gasteiger partial charge on any atom is -0.398 e. The van der Waals surface area contributed by atoms with E-state index in [1.165, 1.54) is 35.7 Å². The Bertz CT molecular complexity index is 154. The number of rotatable bonds is 9. The molecule has 0 amide bonds. The highest BCUT2D eigenvalue weighted by atomic mass is 28.4. The summed E-state index contributed by atoms with van der Waals surface area (Å²) in [5.74, 6) is 0. The molecule has 0 aliphatic heterocycles. The van der Waals surface area contributed by atoms with Gasteiger partial charge in [-0.2, -0.15) is 0 Å². The van der Waals surface area contributed by atoms with Gasteiger partial charge in [0.15, 0.2) is 0 Å². The molecule has 0 saturated carbocycles. The first-order valence-electron chi connectivity index (χ1n) is 5.87. The van der Waals surface area contributed by atoms with Gasteiger partial charge in [-0.3, -0.25) is 0 Å². The van der Waals surface area contributed by atoms with Crippen LogP contribution in [0.2, 0.25) is 18.6 Å². The van der Waals surface area contributed by atoms with Crippen LogP contribution in [0.5, 0.6) is 0 Å². The average molecular weight is 250 g/mol. The smallest absolute Gasteiger partial charge is 0.334 e. The SMILES string of the molecule is CO[Si](C)(CCCN(C)CCC[SiH3])OC. The third kappa shape index (κ3) is 7.24. The first kappa shape index (κ1) is 15.3. The molecule has 0 bridgehead atoms. The normalized spacial score (nSPS) is 12.6. The van der Waals surface area contributed by atoms with E-state index >= 15 is 0 Å². The maximum absolute atomic E-state index is 5.45. The lowest BCUT2D eigenvalue weighted by Crippen LogP contribution is -2.36. The molecule has 15 heavy (non-hydrogen) atoms. The molecular weight excluding hydrogens is 222 g/mol. The van der Waals surface area contributed by atoms with E-state index in [1.807, 2.05) is 0 Å². The third-order valence-electron chi connectivity index (χ3n) is 2.93. The molecule has 0 unspecified atom stereocenters. The molecule has 5 heteroatoms. The summed E-state index contributed by atoms with van der Waals surface area (Å²) in [5.41, 5.74) is 0. The van der Waals surface area contributed by atoms with Crippen LogP contribution in [-0.4, -0.2) is 58.1 Å². The van der Waals surface area contributed by atoms with Crippen LogP contribution in [-0.2, 0) is 8.85 Å². The van der Waals surface area contributed by atoms with Crippen molar-refractivity contribution >= 4 is 18.8 Å². The summed E-state index contributed by atoms with van der Waals surface area (Å²) in [4.78, 5) is 2.41. The van der Waals surface area contributed by atoms with Gasteiger partial charge in [0.05, 0.1) is 0 Å². The van der Waals surface area contributed by atoms with Gasteiger partial charge in [0.2, 0.25) is 0 Å². The molecule has 0 atom stereocenters. The molecule has 0 radical (unpaired) electrons. The zero-order chi connectivity index (χ0) is 11.7. The molecule has 0 aliphatic carbocycles. The molecular formula is C10H27NO2Si2. The molecule has 0 rings (SSSR count). The Morgan fingerprint density at radius 2 is 1.67 bits per heavy atom. The zero-order valence-electron chi connectivity index (χ0n) is 11.0. The lowest BCUT2D eigenvalue weighted by Gasteiger charge is -2.24. The molecule has 92 valence electrons. The van der Waals surface area contributed by atoms with E-state index in [0.29, 0.717) is 0 Å². The summed E-state index contributed by atoms with van der Waals surface area (Å²) in [6.45, 7) is 4.53. The fraction of sp³-hybridized carbons (Fsp3) is 1.00. The van der Waals surface area contributed by atoms with Crippen LogP contribution in [0.25, 0.3) is 0 Å². The van der Waals surface area contributed by atoms with Gasteiger partial charge in [-0.1, -0.05) is 6.04 Å². The summed E-state index contributed by atoms with van der Waals surface area (Å²) in [6.07, 6.45) is 2.54. The Morgan fingerprint density at radius 1 is 1.13 bits per heavy atom. The minimum atomic E-state index is -1.82. The number of hydrogen-bond acceptors (Lipinski definition) is 3. The van der Waals surface area contributed by atoms with Gasteiger partial charge in [0.1, 0.15) is 0 Å². The van der Waals surface area contributed by atoms with E-state index in [4.69, 9.17) is 8.85 Å². The molecule has 0 spiro atoms. The van der Waals surface area contributed by atoms with Crippen molar-refractivity contribution in [3.05, 3.63) is 0 Å².